The van der Waals surface area contributed by atoms with Gasteiger partial charge in [0.15, 0.2) is 0 Å². The van der Waals surface area contributed by atoms with Gasteiger partial charge in [0, 0.05) is 18.6 Å². The fourth-order valence-electron chi connectivity index (χ4n) is 2.39. The third kappa shape index (κ3) is 5.91. The number of rotatable bonds is 9. The topological polar surface area (TPSA) is 41.6 Å². The van der Waals surface area contributed by atoms with Gasteiger partial charge in [-0.05, 0) is 46.1 Å². The zero-order valence-electron chi connectivity index (χ0n) is 13.1. The van der Waals surface area contributed by atoms with Crippen LogP contribution >= 0.6 is 0 Å². The highest BCUT2D eigenvalue weighted by molar-refractivity contribution is 5.75. The van der Waals surface area contributed by atoms with Gasteiger partial charge in [0.2, 0.25) is 0 Å². The van der Waals surface area contributed by atoms with Gasteiger partial charge in [0.25, 0.3) is 0 Å². The van der Waals surface area contributed by atoms with Gasteiger partial charge in [-0.2, -0.15) is 0 Å². The first-order valence-electron chi connectivity index (χ1n) is 7.58. The van der Waals surface area contributed by atoms with E-state index < -0.39 is 0 Å². The van der Waals surface area contributed by atoms with Crippen LogP contribution in [-0.2, 0) is 9.53 Å². The Morgan fingerprint density at radius 1 is 1.37 bits per heavy atom. The van der Waals surface area contributed by atoms with Crippen molar-refractivity contribution in [3.8, 4) is 0 Å². The molecule has 1 rings (SSSR count). The first kappa shape index (κ1) is 16.4. The Hall–Kier alpha value is -0.610. The molecule has 0 amide bonds. The molecule has 0 aromatic heterocycles. The van der Waals surface area contributed by atoms with Crippen molar-refractivity contribution in [2.75, 3.05) is 20.2 Å². The Morgan fingerprint density at radius 2 is 2.00 bits per heavy atom. The van der Waals surface area contributed by atoms with Crippen molar-refractivity contribution < 1.29 is 9.53 Å². The van der Waals surface area contributed by atoms with Crippen LogP contribution in [-0.4, -0.2) is 49.2 Å². The van der Waals surface area contributed by atoms with Gasteiger partial charge in [-0.3, -0.25) is 4.79 Å². The van der Waals surface area contributed by atoms with E-state index in [4.69, 9.17) is 4.74 Å². The minimum atomic E-state index is -0.186. The van der Waals surface area contributed by atoms with Gasteiger partial charge in [-0.25, -0.2) is 0 Å². The SMILES string of the molecule is CCOC(=O)C(CCN(C)C(C)C1CC1)NC(C)C. The molecule has 112 valence electrons. The number of carbonyl (C=O) groups excluding carboxylic acids is 1. The van der Waals surface area contributed by atoms with Crippen molar-refractivity contribution in [2.24, 2.45) is 5.92 Å². The number of hydrogen-bond donors (Lipinski definition) is 1. The first-order valence-corrected chi connectivity index (χ1v) is 7.58. The van der Waals surface area contributed by atoms with Crippen molar-refractivity contribution in [3.63, 3.8) is 0 Å². The average Bonchev–Trinajstić information content (AvgIpc) is 3.17. The number of carbonyl (C=O) groups is 1. The molecule has 0 heterocycles. The van der Waals surface area contributed by atoms with Gasteiger partial charge in [0.05, 0.1) is 6.61 Å². The molecule has 0 aromatic rings. The number of ether oxygens (including phenoxy) is 1. The van der Waals surface area contributed by atoms with Gasteiger partial charge < -0.3 is 15.0 Å². The lowest BCUT2D eigenvalue weighted by Crippen LogP contribution is -2.44. The predicted octanol–water partition coefficient (Wildman–Crippen LogP) is 2.04. The summed E-state index contributed by atoms with van der Waals surface area (Å²) in [5, 5.41) is 3.30. The van der Waals surface area contributed by atoms with Crippen LogP contribution in [0.3, 0.4) is 0 Å². The smallest absolute Gasteiger partial charge is 0.323 e. The summed E-state index contributed by atoms with van der Waals surface area (Å²) >= 11 is 0. The molecule has 1 aliphatic rings. The maximum absolute atomic E-state index is 11.9. The van der Waals surface area contributed by atoms with Crippen LogP contribution < -0.4 is 5.32 Å². The third-order valence-corrected chi connectivity index (χ3v) is 3.88. The van der Waals surface area contributed by atoms with Crippen LogP contribution in [0.2, 0.25) is 0 Å². The quantitative estimate of drug-likeness (QED) is 0.651. The van der Waals surface area contributed by atoms with Crippen molar-refractivity contribution in [1.29, 1.82) is 0 Å². The highest BCUT2D eigenvalue weighted by Gasteiger charge is 2.31. The van der Waals surface area contributed by atoms with Gasteiger partial charge in [-0.1, -0.05) is 13.8 Å². The second kappa shape index (κ2) is 7.85. The monoisotopic (exact) mass is 270 g/mol. The van der Waals surface area contributed by atoms with E-state index in [1.54, 1.807) is 0 Å². The molecule has 0 aromatic carbocycles. The van der Waals surface area contributed by atoms with E-state index in [-0.39, 0.29) is 12.0 Å². The van der Waals surface area contributed by atoms with E-state index in [9.17, 15) is 4.79 Å². The number of hydrogen-bond acceptors (Lipinski definition) is 4. The van der Waals surface area contributed by atoms with Crippen LogP contribution in [0.4, 0.5) is 0 Å². The summed E-state index contributed by atoms with van der Waals surface area (Å²) in [4.78, 5) is 14.3. The molecule has 4 nitrogen and oxygen atoms in total. The standard InChI is InChI=1S/C15H30N2O2/c1-6-19-15(18)14(16-11(2)3)9-10-17(5)12(4)13-7-8-13/h11-14,16H,6-10H2,1-5H3. The molecule has 1 saturated carbocycles. The number of esters is 1. The molecule has 0 spiro atoms. The number of nitrogens with one attached hydrogen (secondary N) is 1. The molecular weight excluding hydrogens is 240 g/mol. The van der Waals surface area contributed by atoms with Gasteiger partial charge in [-0.15, -0.1) is 0 Å². The van der Waals surface area contributed by atoms with Gasteiger partial charge in [0.1, 0.15) is 6.04 Å². The summed E-state index contributed by atoms with van der Waals surface area (Å²) in [7, 11) is 2.15. The highest BCUT2D eigenvalue weighted by atomic mass is 16.5. The predicted molar refractivity (Wildman–Crippen MR) is 78.1 cm³/mol. The van der Waals surface area contributed by atoms with Crippen LogP contribution in [0, 0.1) is 5.92 Å². The van der Waals surface area contributed by atoms with E-state index in [2.05, 4.69) is 38.0 Å². The van der Waals surface area contributed by atoms with Crippen molar-refractivity contribution in [3.05, 3.63) is 0 Å². The normalized spacial score (nSPS) is 18.7. The van der Waals surface area contributed by atoms with Gasteiger partial charge >= 0.3 is 5.97 Å². The molecule has 0 aliphatic heterocycles. The third-order valence-electron chi connectivity index (χ3n) is 3.88. The molecule has 2 atom stereocenters. The maximum Gasteiger partial charge on any atom is 0.323 e. The van der Waals surface area contributed by atoms with Crippen LogP contribution in [0.15, 0.2) is 0 Å². The molecule has 19 heavy (non-hydrogen) atoms. The second-order valence-corrected chi connectivity index (χ2v) is 5.97. The first-order chi connectivity index (χ1) is 8.95. The zero-order chi connectivity index (χ0) is 14.4. The highest BCUT2D eigenvalue weighted by Crippen LogP contribution is 2.34. The minimum Gasteiger partial charge on any atom is -0.465 e. The summed E-state index contributed by atoms with van der Waals surface area (Å²) in [6, 6.07) is 0.733. The van der Waals surface area contributed by atoms with E-state index in [0.29, 0.717) is 18.7 Å². The molecule has 4 heteroatoms. The lowest BCUT2D eigenvalue weighted by Gasteiger charge is -2.27. The molecule has 1 fully saturated rings. The molecule has 0 radical (unpaired) electrons. The van der Waals surface area contributed by atoms with E-state index >= 15 is 0 Å². The Labute approximate surface area is 117 Å². The molecule has 0 bridgehead atoms. The molecule has 1 aliphatic carbocycles. The zero-order valence-corrected chi connectivity index (χ0v) is 13.1. The lowest BCUT2D eigenvalue weighted by molar-refractivity contribution is -0.146. The summed E-state index contributed by atoms with van der Waals surface area (Å²) in [5.41, 5.74) is 0. The Bertz CT molecular complexity index is 277. The minimum absolute atomic E-state index is 0.122. The van der Waals surface area contributed by atoms with Crippen LogP contribution in [0.1, 0.15) is 47.0 Å². The van der Waals surface area contributed by atoms with E-state index in [1.807, 2.05) is 6.92 Å². The summed E-state index contributed by atoms with van der Waals surface area (Å²) < 4.78 is 5.14. The van der Waals surface area contributed by atoms with Crippen LogP contribution in [0.5, 0.6) is 0 Å². The molecule has 2 unspecified atom stereocenters. The van der Waals surface area contributed by atoms with Crippen molar-refractivity contribution in [1.82, 2.24) is 10.2 Å². The Morgan fingerprint density at radius 3 is 2.47 bits per heavy atom. The molecule has 1 N–H and O–H groups in total. The van der Waals surface area contributed by atoms with Crippen molar-refractivity contribution >= 4 is 5.97 Å². The van der Waals surface area contributed by atoms with E-state index in [1.165, 1.54) is 12.8 Å². The molecular formula is C15H30N2O2. The fraction of sp³-hybridized carbons (Fsp3) is 0.933. The molecule has 0 saturated heterocycles. The summed E-state index contributed by atoms with van der Waals surface area (Å²) in [6.45, 7) is 9.63. The van der Waals surface area contributed by atoms with Crippen LogP contribution in [0.25, 0.3) is 0 Å². The summed E-state index contributed by atoms with van der Waals surface area (Å²) in [6.07, 6.45) is 3.53. The maximum atomic E-state index is 11.9. The average molecular weight is 270 g/mol. The van der Waals surface area contributed by atoms with Crippen molar-refractivity contribution in [2.45, 2.75) is 65.1 Å². The fourth-order valence-corrected chi connectivity index (χ4v) is 2.39. The second-order valence-electron chi connectivity index (χ2n) is 5.97. The largest absolute Gasteiger partial charge is 0.465 e. The Kier molecular flexibility index (Phi) is 6.80. The van der Waals surface area contributed by atoms with E-state index in [0.717, 1.165) is 18.9 Å². The number of nitrogens with zero attached hydrogens (tertiary/aromatic N) is 1. The lowest BCUT2D eigenvalue weighted by atomic mass is 10.1. The summed E-state index contributed by atoms with van der Waals surface area (Å²) in [5.74, 6) is 0.743. The Balaban J connectivity index is 2.39.